The number of aliphatic hydroxyl groups is 2. The van der Waals surface area contributed by atoms with Gasteiger partial charge in [0, 0.05) is 169 Å². The predicted molar refractivity (Wildman–Crippen MR) is 531 cm³/mol. The highest BCUT2D eigenvalue weighted by Crippen LogP contribution is 2.48. The number of urea groups is 1. The normalized spacial score (nSPS) is 23.5. The number of amides is 4. The van der Waals surface area contributed by atoms with Crippen LogP contribution in [0.2, 0.25) is 0 Å². The molecule has 0 bridgehead atoms. The van der Waals surface area contributed by atoms with Crippen molar-refractivity contribution in [1.82, 2.24) is 49.2 Å². The molecule has 0 aliphatic carbocycles. The number of benzene rings is 10. The van der Waals surface area contributed by atoms with Gasteiger partial charge < -0.3 is 53.9 Å². The summed E-state index contributed by atoms with van der Waals surface area (Å²) in [5, 5.41) is 23.6. The summed E-state index contributed by atoms with van der Waals surface area (Å²) in [6.07, 6.45) is 14.1. The highest BCUT2D eigenvalue weighted by atomic mass is 16.7. The highest BCUT2D eigenvalue weighted by molar-refractivity contribution is 5.95. The third-order valence-corrected chi connectivity index (χ3v) is 29.5. The van der Waals surface area contributed by atoms with Crippen molar-refractivity contribution < 1.29 is 48.3 Å². The molecule has 20 rings (SSSR count). The Morgan fingerprint density at radius 3 is 1.20 bits per heavy atom. The van der Waals surface area contributed by atoms with Crippen LogP contribution >= 0.6 is 0 Å². The van der Waals surface area contributed by atoms with Crippen molar-refractivity contribution in [2.24, 2.45) is 0 Å². The Balaban J connectivity index is 0.000000125. The van der Waals surface area contributed by atoms with E-state index in [9.17, 15) is 24.6 Å². The lowest BCUT2D eigenvalue weighted by molar-refractivity contribution is -0.134. The smallest absolute Gasteiger partial charge is 0.322 e. The minimum atomic E-state index is -0.109. The molecular formula is C113H133N11O10. The standard InChI is InChI=1S/C30H35N3O3.C30H32N2O4.C28H34N4O.C25H32N2O2/c1-21-8-7-9-24(18-21)22-12-14-23(15-13-22)29-26-19-32(16-5-6-17-33(26)27(29)20-34)30(35)31-25-10-3-4-11-28(25)36-2;1-20-5-4-6-23(15-20)21-7-9-22(10-8-21)29-25-17-31(13-2-3-14-32(25)26(29)18-33)30(34)24-11-12-27-28(16-24)36-19-35-27;1-21-6-5-7-25(14-21)23-8-10-24(11-9-23)28-26-18-31(17-22-15-29-20-30-16-22)12-3-4-13-32(26)27(28)19-33-2;1-18-7-6-8-22(15-18)20-9-11-21(12-10-20)25-23-16-26(19(2)28)13-4-5-14-27(23)24(25)17-29-3/h3-4,7-15,18,26-27,29,34H,5-6,16-17,19-20H2,1-2H3,(H,31,35);4-12,15-16,25-26,29,33H,2-3,13-14,17-19H2,1H3;5-11,14-16,20,26-28H,3-4,12-13,17-19H2,1-2H3;6-12,15,23-25H,4-5,13-14,16-17H2,1-3H3/t26-,27+,29-;25-,26+,29-;26-,27+,28-;23-,24+,25-/m0000/s1. The summed E-state index contributed by atoms with van der Waals surface area (Å²) >= 11 is 0. The fraction of sp³-hybridized carbons (Fsp3) is 0.407. The van der Waals surface area contributed by atoms with Gasteiger partial charge in [-0.25, -0.2) is 14.8 Å². The molecule has 8 fully saturated rings. The van der Waals surface area contributed by atoms with Gasteiger partial charge in [-0.3, -0.25) is 34.1 Å². The number of aryl methyl sites for hydroxylation is 4. The molecule has 4 amide bonds. The third kappa shape index (κ3) is 21.6. The van der Waals surface area contributed by atoms with Gasteiger partial charge in [-0.2, -0.15) is 0 Å². The van der Waals surface area contributed by atoms with E-state index < -0.39 is 0 Å². The fourth-order valence-electron chi connectivity index (χ4n) is 22.6. The van der Waals surface area contributed by atoms with E-state index in [1.54, 1.807) is 33.5 Å². The molecule has 12 atom stereocenters. The van der Waals surface area contributed by atoms with Crippen molar-refractivity contribution in [3.63, 3.8) is 0 Å². The molecule has 1 aromatic heterocycles. The summed E-state index contributed by atoms with van der Waals surface area (Å²) < 4.78 is 27.6. The number of nitrogens with zero attached hydrogens (tertiary/aromatic N) is 10. The second-order valence-electron chi connectivity index (χ2n) is 38.0. The van der Waals surface area contributed by atoms with Crippen LogP contribution in [0.4, 0.5) is 10.5 Å². The first-order valence-electron chi connectivity index (χ1n) is 48.5. The number of hydrogen-bond acceptors (Lipinski definition) is 17. The zero-order valence-electron chi connectivity index (χ0n) is 79.2. The molecule has 134 heavy (non-hydrogen) atoms. The molecule has 8 saturated heterocycles. The Bertz CT molecular complexity index is 5730. The summed E-state index contributed by atoms with van der Waals surface area (Å²) in [5.41, 5.74) is 22.7. The molecule has 21 nitrogen and oxygen atoms in total. The summed E-state index contributed by atoms with van der Waals surface area (Å²) in [6, 6.07) is 85.3. The molecule has 700 valence electrons. The molecule has 10 aromatic carbocycles. The van der Waals surface area contributed by atoms with Crippen LogP contribution in [-0.4, -0.2) is 259 Å². The molecule has 10 heterocycles. The van der Waals surface area contributed by atoms with Crippen LogP contribution in [0, 0.1) is 27.7 Å². The second kappa shape index (κ2) is 44.3. The van der Waals surface area contributed by atoms with Gasteiger partial charge >= 0.3 is 6.03 Å². The molecule has 9 aliphatic rings. The average Bonchev–Trinajstić information content (AvgIpc) is 0.776. The zero-order chi connectivity index (χ0) is 92.7. The number of aromatic nitrogens is 2. The lowest BCUT2D eigenvalue weighted by Crippen LogP contribution is -2.68. The van der Waals surface area contributed by atoms with E-state index >= 15 is 0 Å². The number of methoxy groups -OCH3 is 3. The molecule has 21 heteroatoms. The fourth-order valence-corrected chi connectivity index (χ4v) is 22.6. The number of rotatable bonds is 19. The monoisotopic (exact) mass is 1800 g/mol. The number of carbonyl (C=O) groups excluding carboxylic acids is 3. The molecule has 0 spiro atoms. The predicted octanol–water partition coefficient (Wildman–Crippen LogP) is 18.2. The van der Waals surface area contributed by atoms with Gasteiger partial charge in [-0.05, 0) is 209 Å². The van der Waals surface area contributed by atoms with Crippen molar-refractivity contribution in [2.75, 3.05) is 138 Å². The maximum Gasteiger partial charge on any atom is 0.322 e. The van der Waals surface area contributed by atoms with Crippen LogP contribution in [0.25, 0.3) is 44.5 Å². The van der Waals surface area contributed by atoms with Crippen molar-refractivity contribution in [2.45, 2.75) is 165 Å². The molecule has 0 unspecified atom stereocenters. The van der Waals surface area contributed by atoms with E-state index in [0.717, 1.165) is 111 Å². The SMILES string of the molecule is COC[C@@H]1[C@@H](c2ccc(-c3cccc(C)c3)cc2)[C@@H]2CN(C(C)=O)CCCCN12.COC[C@@H]1[C@@H](c2ccc(-c3cccc(C)c3)cc2)[C@@H]2CN(Cc3cncnc3)CCCCN12.COc1ccccc1NC(=O)N1CCCCN2[C@H](CO)[C@@H](c3ccc(-c4cccc(C)c4)cc3)[C@@H]2C1.Cc1cccc(-c2ccc([C@@H]3[C@@H](CO)N4CCCCN(C(=O)c5ccc6c(c5)OCO6)C[C@@H]34)cc2)c1. The Kier molecular flexibility index (Phi) is 31.2. The van der Waals surface area contributed by atoms with Crippen molar-refractivity contribution in [1.29, 1.82) is 0 Å². The lowest BCUT2D eigenvalue weighted by atomic mass is 9.74. The Morgan fingerprint density at radius 1 is 0.396 bits per heavy atom. The lowest BCUT2D eigenvalue weighted by Gasteiger charge is -2.57. The first kappa shape index (κ1) is 94.3. The number of fused-ring (bicyclic) bond motifs is 5. The number of hydrogen-bond donors (Lipinski definition) is 3. The maximum atomic E-state index is 13.5. The molecule has 0 saturated carbocycles. The molecule has 11 aromatic rings. The first-order chi connectivity index (χ1) is 65.5. The summed E-state index contributed by atoms with van der Waals surface area (Å²) in [6.45, 7) is 23.9. The van der Waals surface area contributed by atoms with E-state index in [0.29, 0.717) is 84.1 Å². The topological polar surface area (TPSA) is 202 Å². The number of carbonyl (C=O) groups is 3. The van der Waals surface area contributed by atoms with Crippen molar-refractivity contribution >= 4 is 23.5 Å². The van der Waals surface area contributed by atoms with E-state index in [1.165, 1.54) is 114 Å². The Morgan fingerprint density at radius 2 is 0.776 bits per heavy atom. The molecular weight excluding hydrogens is 1670 g/mol. The van der Waals surface area contributed by atoms with Crippen LogP contribution < -0.4 is 19.5 Å². The largest absolute Gasteiger partial charge is 0.495 e. The van der Waals surface area contributed by atoms with Crippen LogP contribution in [0.5, 0.6) is 17.2 Å². The first-order valence-corrected chi connectivity index (χ1v) is 48.5. The quantitative estimate of drug-likeness (QED) is 0.0689. The third-order valence-electron chi connectivity index (χ3n) is 29.5. The summed E-state index contributed by atoms with van der Waals surface area (Å²) in [4.78, 5) is 65.9. The Hall–Kier alpha value is -11.5. The Labute approximate surface area is 792 Å². The maximum absolute atomic E-state index is 13.5. The van der Waals surface area contributed by atoms with E-state index in [-0.39, 0.29) is 73.9 Å². The highest BCUT2D eigenvalue weighted by Gasteiger charge is 2.54. The van der Waals surface area contributed by atoms with Crippen molar-refractivity contribution in [3.05, 3.63) is 311 Å². The van der Waals surface area contributed by atoms with Gasteiger partial charge in [0.05, 0.1) is 39.2 Å². The van der Waals surface area contributed by atoms with Gasteiger partial charge in [0.25, 0.3) is 5.91 Å². The number of nitrogens with one attached hydrogen (secondary N) is 1. The summed E-state index contributed by atoms with van der Waals surface area (Å²) in [7, 11) is 5.23. The van der Waals surface area contributed by atoms with E-state index in [4.69, 9.17) is 23.7 Å². The van der Waals surface area contributed by atoms with Gasteiger partial charge in [-0.15, -0.1) is 0 Å². The van der Waals surface area contributed by atoms with E-state index in [2.05, 4.69) is 262 Å². The van der Waals surface area contributed by atoms with Crippen LogP contribution in [0.3, 0.4) is 0 Å². The molecule has 0 radical (unpaired) electrons. The van der Waals surface area contributed by atoms with Crippen LogP contribution in [-0.2, 0) is 20.8 Å². The second-order valence-corrected chi connectivity index (χ2v) is 38.0. The molecule has 9 aliphatic heterocycles. The zero-order valence-corrected chi connectivity index (χ0v) is 79.2. The average molecular weight is 1810 g/mol. The van der Waals surface area contributed by atoms with Gasteiger partial charge in [0.2, 0.25) is 12.7 Å². The van der Waals surface area contributed by atoms with Crippen LogP contribution in [0.15, 0.2) is 255 Å². The van der Waals surface area contributed by atoms with Gasteiger partial charge in [-0.1, -0.05) is 229 Å². The molecule has 3 N–H and O–H groups in total. The number of ether oxygens (including phenoxy) is 5. The van der Waals surface area contributed by atoms with Gasteiger partial charge in [0.15, 0.2) is 11.5 Å². The minimum Gasteiger partial charge on any atom is -0.495 e. The number of para-hydroxylation sites is 2. The van der Waals surface area contributed by atoms with Crippen LogP contribution in [0.1, 0.15) is 142 Å². The summed E-state index contributed by atoms with van der Waals surface area (Å²) in [5.74, 6) is 3.44. The van der Waals surface area contributed by atoms with Gasteiger partial charge in [0.1, 0.15) is 12.1 Å². The van der Waals surface area contributed by atoms with E-state index in [1.807, 2.05) is 70.6 Å². The minimum absolute atomic E-state index is 0.0242. The number of aliphatic hydroxyl groups excluding tert-OH is 2. The van der Waals surface area contributed by atoms with Crippen molar-refractivity contribution in [3.8, 4) is 61.8 Å². The number of anilines is 1.